The first-order chi connectivity index (χ1) is 8.50. The van der Waals surface area contributed by atoms with Crippen molar-refractivity contribution < 1.29 is 4.79 Å². The number of allylic oxidation sites excluding steroid dienone is 6. The molecule has 0 heterocycles. The minimum absolute atomic E-state index is 0.248. The van der Waals surface area contributed by atoms with Crippen LogP contribution in [0.1, 0.15) is 66.2 Å². The minimum Gasteiger partial charge on any atom is -0.295 e. The Morgan fingerprint density at radius 1 is 0.889 bits per heavy atom. The molecule has 1 aliphatic rings. The molecule has 0 unspecified atom stereocenters. The van der Waals surface area contributed by atoms with Crippen LogP contribution in [0.3, 0.4) is 0 Å². The van der Waals surface area contributed by atoms with Crippen molar-refractivity contribution in [1.29, 1.82) is 0 Å². The van der Waals surface area contributed by atoms with Gasteiger partial charge in [0.2, 0.25) is 0 Å². The van der Waals surface area contributed by atoms with Crippen LogP contribution in [0.25, 0.3) is 0 Å². The molecule has 0 aromatic rings. The predicted octanol–water partition coefficient (Wildman–Crippen LogP) is 5.14. The zero-order valence-electron chi connectivity index (χ0n) is 12.3. The molecule has 0 radical (unpaired) electrons. The van der Waals surface area contributed by atoms with Crippen molar-refractivity contribution in [3.8, 4) is 0 Å². The number of rotatable bonds is 1. The van der Waals surface area contributed by atoms with Gasteiger partial charge in [0.1, 0.15) is 0 Å². The highest BCUT2D eigenvalue weighted by Crippen LogP contribution is 2.21. The van der Waals surface area contributed by atoms with Gasteiger partial charge in [0.25, 0.3) is 0 Å². The maximum atomic E-state index is 11.7. The Kier molecular flexibility index (Phi) is 6.11. The van der Waals surface area contributed by atoms with E-state index >= 15 is 0 Å². The second-order valence-corrected chi connectivity index (χ2v) is 5.49. The molecule has 0 atom stereocenters. The van der Waals surface area contributed by atoms with Crippen LogP contribution in [0, 0.1) is 0 Å². The number of Topliss-reactive ketones (excluding diaryl/α,β-unsaturated/α-hetero) is 1. The average molecular weight is 246 g/mol. The fraction of sp³-hybridized carbons (Fsp3) is 0.588. The molecule has 0 spiro atoms. The first kappa shape index (κ1) is 14.9. The van der Waals surface area contributed by atoms with Gasteiger partial charge in [0.15, 0.2) is 5.78 Å². The van der Waals surface area contributed by atoms with E-state index in [0.29, 0.717) is 0 Å². The quantitative estimate of drug-likeness (QED) is 0.585. The van der Waals surface area contributed by atoms with Crippen LogP contribution in [-0.4, -0.2) is 5.78 Å². The summed E-state index contributed by atoms with van der Waals surface area (Å²) in [5, 5.41) is 0. The SMILES string of the molecule is CC(=O)/C1=C(\C)CC/C=C(/C)CC/C=C(/C)CC1. The van der Waals surface area contributed by atoms with E-state index < -0.39 is 0 Å². The zero-order chi connectivity index (χ0) is 13.5. The van der Waals surface area contributed by atoms with Crippen molar-refractivity contribution in [2.75, 3.05) is 0 Å². The summed E-state index contributed by atoms with van der Waals surface area (Å²) in [6, 6.07) is 0. The maximum Gasteiger partial charge on any atom is 0.155 e. The number of hydrogen-bond donors (Lipinski definition) is 0. The number of ketones is 1. The first-order valence-corrected chi connectivity index (χ1v) is 7.01. The standard InChI is InChI=1S/C17H26O/c1-13-7-5-8-14(2)11-12-17(16(4)18)15(3)10-6-9-13/h8-9H,5-7,10-12H2,1-4H3/b13-9-,14-8-,17-15+. The van der Waals surface area contributed by atoms with Gasteiger partial charge >= 0.3 is 0 Å². The van der Waals surface area contributed by atoms with Crippen molar-refractivity contribution in [2.45, 2.75) is 66.2 Å². The highest BCUT2D eigenvalue weighted by atomic mass is 16.1. The fourth-order valence-corrected chi connectivity index (χ4v) is 2.45. The van der Waals surface area contributed by atoms with Gasteiger partial charge in [-0.05, 0) is 71.8 Å². The highest BCUT2D eigenvalue weighted by Gasteiger charge is 2.09. The lowest BCUT2D eigenvalue weighted by molar-refractivity contribution is -0.113. The molecule has 1 rings (SSSR count). The Bertz CT molecular complexity index is 394. The number of hydrogen-bond acceptors (Lipinski definition) is 1. The van der Waals surface area contributed by atoms with Crippen LogP contribution < -0.4 is 0 Å². The number of carbonyl (C=O) groups excluding carboxylic acids is 1. The molecule has 0 aliphatic heterocycles. The molecule has 0 saturated heterocycles. The fourth-order valence-electron chi connectivity index (χ4n) is 2.45. The molecule has 0 N–H and O–H groups in total. The maximum absolute atomic E-state index is 11.7. The molecule has 0 bridgehead atoms. The lowest BCUT2D eigenvalue weighted by Crippen LogP contribution is -2.01. The average Bonchev–Trinajstić information content (AvgIpc) is 2.27. The topological polar surface area (TPSA) is 17.1 Å². The van der Waals surface area contributed by atoms with Gasteiger partial charge in [-0.25, -0.2) is 0 Å². The summed E-state index contributed by atoms with van der Waals surface area (Å²) in [5.41, 5.74) is 5.21. The second-order valence-electron chi connectivity index (χ2n) is 5.49. The second kappa shape index (κ2) is 7.35. The summed E-state index contributed by atoms with van der Waals surface area (Å²) in [6.45, 7) is 8.20. The van der Waals surface area contributed by atoms with E-state index in [-0.39, 0.29) is 5.78 Å². The van der Waals surface area contributed by atoms with E-state index in [4.69, 9.17) is 0 Å². The van der Waals surface area contributed by atoms with Crippen molar-refractivity contribution in [3.05, 3.63) is 34.4 Å². The summed E-state index contributed by atoms with van der Waals surface area (Å²) in [5.74, 6) is 0.248. The first-order valence-electron chi connectivity index (χ1n) is 7.01. The monoisotopic (exact) mass is 246 g/mol. The van der Waals surface area contributed by atoms with Gasteiger partial charge < -0.3 is 0 Å². The molecule has 1 aliphatic carbocycles. The largest absolute Gasteiger partial charge is 0.295 e. The van der Waals surface area contributed by atoms with Crippen LogP contribution in [0.4, 0.5) is 0 Å². The molecule has 1 heteroatoms. The normalized spacial score (nSPS) is 29.3. The molecule has 100 valence electrons. The van der Waals surface area contributed by atoms with Gasteiger partial charge in [-0.1, -0.05) is 28.9 Å². The van der Waals surface area contributed by atoms with Crippen LogP contribution >= 0.6 is 0 Å². The minimum atomic E-state index is 0.248. The van der Waals surface area contributed by atoms with Gasteiger partial charge in [-0.2, -0.15) is 0 Å². The summed E-state index contributed by atoms with van der Waals surface area (Å²) in [7, 11) is 0. The third-order valence-electron chi connectivity index (χ3n) is 3.75. The lowest BCUT2D eigenvalue weighted by atomic mass is 9.94. The van der Waals surface area contributed by atoms with Gasteiger partial charge in [-0.15, -0.1) is 0 Å². The van der Waals surface area contributed by atoms with Crippen molar-refractivity contribution >= 4 is 5.78 Å². The van der Waals surface area contributed by atoms with Gasteiger partial charge in [-0.3, -0.25) is 4.79 Å². The molecule has 18 heavy (non-hydrogen) atoms. The molecule has 0 aromatic carbocycles. The molecule has 0 aromatic heterocycles. The third-order valence-corrected chi connectivity index (χ3v) is 3.75. The Balaban J connectivity index is 2.91. The molecular weight excluding hydrogens is 220 g/mol. The Morgan fingerprint density at radius 3 is 2.06 bits per heavy atom. The van der Waals surface area contributed by atoms with Crippen LogP contribution in [0.15, 0.2) is 34.4 Å². The Morgan fingerprint density at radius 2 is 1.44 bits per heavy atom. The van der Waals surface area contributed by atoms with Gasteiger partial charge in [0.05, 0.1) is 0 Å². The molecular formula is C17H26O. The highest BCUT2D eigenvalue weighted by molar-refractivity contribution is 5.93. The lowest BCUT2D eigenvalue weighted by Gasteiger charge is -2.11. The van der Waals surface area contributed by atoms with E-state index in [1.165, 1.54) is 23.1 Å². The molecule has 0 fully saturated rings. The van der Waals surface area contributed by atoms with Crippen molar-refractivity contribution in [1.82, 2.24) is 0 Å². The van der Waals surface area contributed by atoms with E-state index in [9.17, 15) is 4.79 Å². The van der Waals surface area contributed by atoms with E-state index in [1.54, 1.807) is 6.92 Å². The van der Waals surface area contributed by atoms with Crippen LogP contribution in [0.5, 0.6) is 0 Å². The van der Waals surface area contributed by atoms with Gasteiger partial charge in [0, 0.05) is 0 Å². The number of carbonyl (C=O) groups is 1. The van der Waals surface area contributed by atoms with Crippen molar-refractivity contribution in [2.24, 2.45) is 0 Å². The van der Waals surface area contributed by atoms with Crippen LogP contribution in [0.2, 0.25) is 0 Å². The summed E-state index contributed by atoms with van der Waals surface area (Å²) in [4.78, 5) is 11.7. The Hall–Kier alpha value is -1.11. The molecule has 1 nitrogen and oxygen atoms in total. The Labute approximate surface area is 112 Å². The van der Waals surface area contributed by atoms with Crippen LogP contribution in [-0.2, 0) is 4.79 Å². The summed E-state index contributed by atoms with van der Waals surface area (Å²) >= 11 is 0. The van der Waals surface area contributed by atoms with E-state index in [1.807, 2.05) is 0 Å². The zero-order valence-corrected chi connectivity index (χ0v) is 12.3. The summed E-state index contributed by atoms with van der Waals surface area (Å²) < 4.78 is 0. The molecule has 0 amide bonds. The smallest absolute Gasteiger partial charge is 0.155 e. The third kappa shape index (κ3) is 5.03. The van der Waals surface area contributed by atoms with Crippen molar-refractivity contribution in [3.63, 3.8) is 0 Å². The summed E-state index contributed by atoms with van der Waals surface area (Å²) in [6.07, 6.45) is 11.0. The predicted molar refractivity (Wildman–Crippen MR) is 78.6 cm³/mol. The van der Waals surface area contributed by atoms with E-state index in [2.05, 4.69) is 32.9 Å². The van der Waals surface area contributed by atoms with E-state index in [0.717, 1.165) is 37.7 Å². The molecule has 0 saturated carbocycles.